The molecule has 0 aromatic heterocycles. The monoisotopic (exact) mass is 309 g/mol. The summed E-state index contributed by atoms with van der Waals surface area (Å²) in [7, 11) is -4.04. The van der Waals surface area contributed by atoms with Crippen molar-refractivity contribution in [1.82, 2.24) is 4.31 Å². The Morgan fingerprint density at radius 3 is 2.68 bits per heavy atom. The lowest BCUT2D eigenvalue weighted by atomic mass is 10.0. The number of sulfonamides is 1. The second kappa shape index (κ2) is 5.34. The van der Waals surface area contributed by atoms with Gasteiger partial charge in [0.05, 0.1) is 0 Å². The summed E-state index contributed by atoms with van der Waals surface area (Å²) in [6.07, 6.45) is 0.602. The quantitative estimate of drug-likeness (QED) is 0.788. The average Bonchev–Trinajstić information content (AvgIpc) is 2.35. The molecule has 0 bridgehead atoms. The summed E-state index contributed by atoms with van der Waals surface area (Å²) in [5.41, 5.74) is 0. The van der Waals surface area contributed by atoms with Crippen LogP contribution in [0.15, 0.2) is 23.1 Å². The van der Waals surface area contributed by atoms with Gasteiger partial charge in [0.2, 0.25) is 10.0 Å². The van der Waals surface area contributed by atoms with Crippen LogP contribution in [0.4, 0.5) is 8.78 Å². The number of nitrogens with zero attached hydrogens (tertiary/aromatic N) is 1. The van der Waals surface area contributed by atoms with Gasteiger partial charge in [-0.15, -0.1) is 11.6 Å². The van der Waals surface area contributed by atoms with E-state index in [1.807, 2.05) is 6.92 Å². The van der Waals surface area contributed by atoms with Gasteiger partial charge >= 0.3 is 0 Å². The molecule has 2 atom stereocenters. The van der Waals surface area contributed by atoms with Gasteiger partial charge in [0.1, 0.15) is 16.5 Å². The highest BCUT2D eigenvalue weighted by atomic mass is 35.5. The first-order valence-electron chi connectivity index (χ1n) is 5.91. The summed E-state index contributed by atoms with van der Waals surface area (Å²) in [6.45, 7) is 2.31. The maximum absolute atomic E-state index is 13.6. The smallest absolute Gasteiger partial charge is 0.207 e. The fraction of sp³-hybridized carbons (Fsp3) is 0.500. The Kier molecular flexibility index (Phi) is 4.13. The van der Waals surface area contributed by atoms with Crippen molar-refractivity contribution in [2.45, 2.75) is 23.6 Å². The molecule has 1 aliphatic heterocycles. The molecule has 0 aliphatic carbocycles. The zero-order valence-electron chi connectivity index (χ0n) is 10.3. The van der Waals surface area contributed by atoms with E-state index < -0.39 is 26.6 Å². The van der Waals surface area contributed by atoms with E-state index in [9.17, 15) is 17.2 Å². The lowest BCUT2D eigenvalue weighted by Crippen LogP contribution is -2.43. The van der Waals surface area contributed by atoms with Gasteiger partial charge in [-0.2, -0.15) is 4.31 Å². The molecule has 0 radical (unpaired) electrons. The number of benzene rings is 1. The Morgan fingerprint density at radius 1 is 1.37 bits per heavy atom. The molecule has 2 rings (SSSR count). The van der Waals surface area contributed by atoms with Crippen molar-refractivity contribution in [2.75, 3.05) is 13.1 Å². The molecule has 1 aromatic carbocycles. The minimum Gasteiger partial charge on any atom is -0.207 e. The first kappa shape index (κ1) is 14.7. The lowest BCUT2D eigenvalue weighted by Gasteiger charge is -2.33. The summed E-state index contributed by atoms with van der Waals surface area (Å²) in [5, 5.41) is -0.319. The van der Waals surface area contributed by atoms with Crippen LogP contribution in [0.3, 0.4) is 0 Å². The van der Waals surface area contributed by atoms with E-state index in [1.165, 1.54) is 0 Å². The maximum atomic E-state index is 13.6. The highest BCUT2D eigenvalue weighted by Crippen LogP contribution is 2.28. The minimum atomic E-state index is -4.04. The number of alkyl halides is 1. The van der Waals surface area contributed by atoms with Crippen molar-refractivity contribution in [3.05, 3.63) is 29.8 Å². The van der Waals surface area contributed by atoms with Crippen LogP contribution in [0.1, 0.15) is 13.3 Å². The molecule has 0 saturated carbocycles. The molecule has 1 saturated heterocycles. The van der Waals surface area contributed by atoms with Gasteiger partial charge in [-0.25, -0.2) is 17.2 Å². The Hall–Kier alpha value is -0.720. The van der Waals surface area contributed by atoms with Crippen LogP contribution in [0.2, 0.25) is 0 Å². The molecular formula is C12H14ClF2NO2S. The summed E-state index contributed by atoms with van der Waals surface area (Å²) in [6, 6.07) is 2.40. The Balaban J connectivity index is 2.35. The summed E-state index contributed by atoms with van der Waals surface area (Å²) in [5.74, 6) is -1.54. The fourth-order valence-electron chi connectivity index (χ4n) is 2.03. The van der Waals surface area contributed by atoms with Crippen LogP contribution in [0, 0.1) is 17.6 Å². The fourth-order valence-corrected chi connectivity index (χ4v) is 3.96. The van der Waals surface area contributed by atoms with E-state index in [1.54, 1.807) is 0 Å². The van der Waals surface area contributed by atoms with E-state index in [-0.39, 0.29) is 24.4 Å². The Morgan fingerprint density at radius 2 is 2.05 bits per heavy atom. The molecule has 106 valence electrons. The van der Waals surface area contributed by atoms with Crippen molar-refractivity contribution < 1.29 is 17.2 Å². The molecule has 19 heavy (non-hydrogen) atoms. The number of halogens is 3. The molecule has 0 N–H and O–H groups in total. The van der Waals surface area contributed by atoms with E-state index in [2.05, 4.69) is 0 Å². The number of piperidine rings is 1. The molecule has 2 unspecified atom stereocenters. The van der Waals surface area contributed by atoms with E-state index >= 15 is 0 Å². The van der Waals surface area contributed by atoms with Crippen LogP contribution in [0.25, 0.3) is 0 Å². The molecule has 3 nitrogen and oxygen atoms in total. The van der Waals surface area contributed by atoms with E-state index in [0.29, 0.717) is 12.5 Å². The largest absolute Gasteiger partial charge is 0.246 e. The molecule has 7 heteroatoms. The van der Waals surface area contributed by atoms with Crippen LogP contribution in [-0.2, 0) is 10.0 Å². The second-order valence-electron chi connectivity index (χ2n) is 4.72. The van der Waals surface area contributed by atoms with Crippen molar-refractivity contribution >= 4 is 21.6 Å². The first-order chi connectivity index (χ1) is 8.82. The predicted molar refractivity (Wildman–Crippen MR) is 68.5 cm³/mol. The van der Waals surface area contributed by atoms with Gasteiger partial charge in [0.25, 0.3) is 0 Å². The van der Waals surface area contributed by atoms with Gasteiger partial charge in [-0.05, 0) is 30.5 Å². The van der Waals surface area contributed by atoms with Crippen LogP contribution in [-0.4, -0.2) is 31.2 Å². The van der Waals surface area contributed by atoms with Crippen molar-refractivity contribution in [3.8, 4) is 0 Å². The standard InChI is InChI=1S/C12H14ClF2NO2S/c1-8-4-5-16(7-10(8)13)19(17,18)12-6-9(14)2-3-11(12)15/h2-3,6,8,10H,4-5,7H2,1H3. The second-order valence-corrected chi connectivity index (χ2v) is 7.19. The first-order valence-corrected chi connectivity index (χ1v) is 7.79. The topological polar surface area (TPSA) is 37.4 Å². The lowest BCUT2D eigenvalue weighted by molar-refractivity contribution is 0.292. The van der Waals surface area contributed by atoms with Gasteiger partial charge < -0.3 is 0 Å². The number of rotatable bonds is 2. The molecule has 1 fully saturated rings. The van der Waals surface area contributed by atoms with Crippen LogP contribution < -0.4 is 0 Å². The summed E-state index contributed by atoms with van der Waals surface area (Å²) >= 11 is 6.05. The van der Waals surface area contributed by atoms with Gasteiger partial charge in [-0.1, -0.05) is 6.92 Å². The molecule has 1 aliphatic rings. The predicted octanol–water partition coefficient (Wildman–Crippen LogP) is 2.60. The molecule has 0 amide bonds. The zero-order valence-corrected chi connectivity index (χ0v) is 11.9. The maximum Gasteiger partial charge on any atom is 0.246 e. The highest BCUT2D eigenvalue weighted by Gasteiger charge is 2.34. The molecule has 0 spiro atoms. The van der Waals surface area contributed by atoms with E-state index in [4.69, 9.17) is 11.6 Å². The van der Waals surface area contributed by atoms with Gasteiger partial charge in [-0.3, -0.25) is 0 Å². The van der Waals surface area contributed by atoms with Crippen LogP contribution >= 0.6 is 11.6 Å². The third-order valence-electron chi connectivity index (χ3n) is 3.34. The Labute approximate surface area is 116 Å². The van der Waals surface area contributed by atoms with Crippen molar-refractivity contribution in [1.29, 1.82) is 0 Å². The third-order valence-corrected chi connectivity index (χ3v) is 5.79. The molecule has 1 aromatic rings. The van der Waals surface area contributed by atoms with Crippen LogP contribution in [0.5, 0.6) is 0 Å². The third kappa shape index (κ3) is 2.90. The molecular weight excluding hydrogens is 296 g/mol. The zero-order chi connectivity index (χ0) is 14.2. The number of hydrogen-bond acceptors (Lipinski definition) is 2. The van der Waals surface area contributed by atoms with Crippen molar-refractivity contribution in [3.63, 3.8) is 0 Å². The van der Waals surface area contributed by atoms with Gasteiger partial charge in [0, 0.05) is 18.5 Å². The number of hydrogen-bond donors (Lipinski definition) is 0. The summed E-state index contributed by atoms with van der Waals surface area (Å²) in [4.78, 5) is -0.633. The molecule has 1 heterocycles. The highest BCUT2D eigenvalue weighted by molar-refractivity contribution is 7.89. The minimum absolute atomic E-state index is 0.112. The summed E-state index contributed by atoms with van der Waals surface area (Å²) < 4.78 is 52.4. The van der Waals surface area contributed by atoms with Crippen molar-refractivity contribution in [2.24, 2.45) is 5.92 Å². The Bertz CT molecular complexity index is 579. The normalized spacial score (nSPS) is 25.5. The van der Waals surface area contributed by atoms with Gasteiger partial charge in [0.15, 0.2) is 0 Å². The SMILES string of the molecule is CC1CCN(S(=O)(=O)c2cc(F)ccc2F)CC1Cl. The van der Waals surface area contributed by atoms with E-state index in [0.717, 1.165) is 16.4 Å². The average molecular weight is 310 g/mol.